The fourth-order valence-electron chi connectivity index (χ4n) is 2.95. The second-order valence-electron chi connectivity index (χ2n) is 6.81. The van der Waals surface area contributed by atoms with Crippen LogP contribution in [0, 0.1) is 0 Å². The first-order valence-electron chi connectivity index (χ1n) is 8.27. The standard InChI is InChI=1S/C17H14BrClF3NO5S2/c18-14-5-4-12(7-15(14)19)29(25,26)11-2-1-3-13(6-11)30(27,28)23-10-8-16(24,9-10)17(20,21)22/h1-7,10,23-24H,8-9H2. The number of halogens is 5. The van der Waals surface area contributed by atoms with Crippen LogP contribution in [-0.4, -0.2) is 39.8 Å². The van der Waals surface area contributed by atoms with E-state index in [4.69, 9.17) is 11.6 Å². The average Bonchev–Trinajstić information content (AvgIpc) is 2.61. The van der Waals surface area contributed by atoms with E-state index in [1.165, 1.54) is 30.3 Å². The minimum atomic E-state index is -4.87. The lowest BCUT2D eigenvalue weighted by Gasteiger charge is -2.44. The molecule has 1 saturated carbocycles. The zero-order valence-corrected chi connectivity index (χ0v) is 18.8. The zero-order chi connectivity index (χ0) is 22.5. The molecule has 13 heteroatoms. The van der Waals surface area contributed by atoms with Gasteiger partial charge in [-0.1, -0.05) is 17.7 Å². The summed E-state index contributed by atoms with van der Waals surface area (Å²) in [5, 5.41) is 9.59. The molecule has 0 spiro atoms. The number of aliphatic hydroxyl groups is 1. The first-order valence-corrected chi connectivity index (χ1v) is 12.4. The maximum Gasteiger partial charge on any atom is 0.417 e. The molecule has 1 aliphatic rings. The van der Waals surface area contributed by atoms with Crippen LogP contribution >= 0.6 is 27.5 Å². The Hall–Kier alpha value is -1.18. The van der Waals surface area contributed by atoms with Crippen molar-refractivity contribution in [2.75, 3.05) is 0 Å². The smallest absolute Gasteiger partial charge is 0.380 e. The van der Waals surface area contributed by atoms with Crippen LogP contribution in [0.3, 0.4) is 0 Å². The molecule has 3 rings (SSSR count). The lowest BCUT2D eigenvalue weighted by molar-refractivity contribution is -0.290. The topological polar surface area (TPSA) is 101 Å². The Morgan fingerprint density at radius 2 is 1.60 bits per heavy atom. The third-order valence-corrected chi connectivity index (χ3v) is 9.14. The maximum atomic E-state index is 12.8. The molecule has 0 amide bonds. The Bertz CT molecular complexity index is 1200. The summed E-state index contributed by atoms with van der Waals surface area (Å²) in [7, 11) is -8.43. The number of sulfonamides is 1. The molecule has 2 N–H and O–H groups in total. The van der Waals surface area contributed by atoms with Crippen LogP contribution < -0.4 is 4.72 Å². The molecular formula is C17H14BrClF3NO5S2. The molecule has 0 atom stereocenters. The van der Waals surface area contributed by atoms with Crippen molar-refractivity contribution in [2.45, 2.75) is 45.3 Å². The fraction of sp³-hybridized carbons (Fsp3) is 0.294. The van der Waals surface area contributed by atoms with Gasteiger partial charge in [-0.25, -0.2) is 21.6 Å². The van der Waals surface area contributed by atoms with E-state index in [-0.39, 0.29) is 14.8 Å². The van der Waals surface area contributed by atoms with E-state index in [1.54, 1.807) is 0 Å². The maximum absolute atomic E-state index is 12.8. The summed E-state index contributed by atoms with van der Waals surface area (Å²) >= 11 is 9.07. The molecule has 1 fully saturated rings. The van der Waals surface area contributed by atoms with Crippen LogP contribution in [0.1, 0.15) is 12.8 Å². The van der Waals surface area contributed by atoms with E-state index in [0.29, 0.717) is 4.47 Å². The third kappa shape index (κ3) is 4.39. The quantitative estimate of drug-likeness (QED) is 0.594. The molecule has 0 radical (unpaired) electrons. The predicted molar refractivity (Wildman–Crippen MR) is 105 cm³/mol. The molecule has 2 aromatic carbocycles. The van der Waals surface area contributed by atoms with Gasteiger partial charge in [-0.15, -0.1) is 0 Å². The van der Waals surface area contributed by atoms with E-state index in [0.717, 1.165) is 12.1 Å². The molecule has 0 aliphatic heterocycles. The van der Waals surface area contributed by atoms with Gasteiger partial charge in [0.15, 0.2) is 5.60 Å². The highest BCUT2D eigenvalue weighted by molar-refractivity contribution is 9.10. The van der Waals surface area contributed by atoms with Crippen molar-refractivity contribution in [1.29, 1.82) is 0 Å². The summed E-state index contributed by atoms with van der Waals surface area (Å²) in [5.74, 6) is 0. The van der Waals surface area contributed by atoms with Gasteiger partial charge in [-0.3, -0.25) is 0 Å². The SMILES string of the molecule is O=S(=O)(NC1CC(O)(C(F)(F)F)C1)c1cccc(S(=O)(=O)c2ccc(Br)c(Cl)c2)c1. The summed E-state index contributed by atoms with van der Waals surface area (Å²) in [6.07, 6.45) is -6.52. The lowest BCUT2D eigenvalue weighted by Crippen LogP contribution is -2.62. The molecule has 0 saturated heterocycles. The monoisotopic (exact) mass is 547 g/mol. The van der Waals surface area contributed by atoms with Crippen LogP contribution in [0.15, 0.2) is 61.6 Å². The highest BCUT2D eigenvalue weighted by Crippen LogP contribution is 2.45. The molecule has 1 aliphatic carbocycles. The summed E-state index contributed by atoms with van der Waals surface area (Å²) in [6.45, 7) is 0. The van der Waals surface area contributed by atoms with Crippen LogP contribution in [0.25, 0.3) is 0 Å². The summed E-state index contributed by atoms with van der Waals surface area (Å²) < 4.78 is 91.3. The summed E-state index contributed by atoms with van der Waals surface area (Å²) in [5.41, 5.74) is -2.94. The Morgan fingerprint density at radius 1 is 1.03 bits per heavy atom. The molecule has 30 heavy (non-hydrogen) atoms. The number of hydrogen-bond donors (Lipinski definition) is 2. The van der Waals surface area contributed by atoms with Gasteiger partial charge >= 0.3 is 6.18 Å². The van der Waals surface area contributed by atoms with Crippen LogP contribution in [0.5, 0.6) is 0 Å². The Morgan fingerprint density at radius 3 is 2.17 bits per heavy atom. The second-order valence-corrected chi connectivity index (χ2v) is 11.7. The van der Waals surface area contributed by atoms with Gasteiger partial charge in [0.05, 0.1) is 19.7 Å². The molecule has 0 unspecified atom stereocenters. The van der Waals surface area contributed by atoms with Gasteiger partial charge in [-0.2, -0.15) is 13.2 Å². The van der Waals surface area contributed by atoms with Gasteiger partial charge in [0, 0.05) is 23.4 Å². The Kier molecular flexibility index (Phi) is 6.06. The van der Waals surface area contributed by atoms with Gasteiger partial charge in [-0.05, 0) is 52.3 Å². The van der Waals surface area contributed by atoms with Crippen molar-refractivity contribution in [3.63, 3.8) is 0 Å². The number of nitrogens with one attached hydrogen (secondary N) is 1. The second kappa shape index (κ2) is 7.75. The van der Waals surface area contributed by atoms with Crippen molar-refractivity contribution in [1.82, 2.24) is 4.72 Å². The van der Waals surface area contributed by atoms with E-state index >= 15 is 0 Å². The Labute approximate surface area is 184 Å². The van der Waals surface area contributed by atoms with E-state index in [1.807, 2.05) is 0 Å². The van der Waals surface area contributed by atoms with E-state index in [2.05, 4.69) is 20.7 Å². The normalized spacial score (nSPS) is 22.5. The van der Waals surface area contributed by atoms with Crippen molar-refractivity contribution >= 4 is 47.4 Å². The van der Waals surface area contributed by atoms with Gasteiger partial charge in [0.25, 0.3) is 0 Å². The fourth-order valence-corrected chi connectivity index (χ4v) is 6.13. The number of sulfone groups is 1. The number of alkyl halides is 3. The highest BCUT2D eigenvalue weighted by atomic mass is 79.9. The molecular weight excluding hydrogens is 535 g/mol. The summed E-state index contributed by atoms with van der Waals surface area (Å²) in [6, 6.07) is 7.20. The van der Waals surface area contributed by atoms with Gasteiger partial charge in [0.1, 0.15) is 0 Å². The zero-order valence-electron chi connectivity index (χ0n) is 14.8. The minimum Gasteiger partial charge on any atom is -0.380 e. The van der Waals surface area contributed by atoms with Crippen molar-refractivity contribution in [2.24, 2.45) is 0 Å². The lowest BCUT2D eigenvalue weighted by atomic mass is 9.76. The molecule has 0 aromatic heterocycles. The number of rotatable bonds is 5. The first kappa shape index (κ1) is 23.5. The number of hydrogen-bond acceptors (Lipinski definition) is 5. The molecule has 0 heterocycles. The van der Waals surface area contributed by atoms with Crippen molar-refractivity contribution in [3.05, 3.63) is 52.0 Å². The molecule has 2 aromatic rings. The van der Waals surface area contributed by atoms with Gasteiger partial charge in [0.2, 0.25) is 19.9 Å². The molecule has 164 valence electrons. The van der Waals surface area contributed by atoms with Crippen molar-refractivity contribution < 1.29 is 35.1 Å². The van der Waals surface area contributed by atoms with E-state index < -0.39 is 55.4 Å². The highest BCUT2D eigenvalue weighted by Gasteiger charge is 2.61. The predicted octanol–water partition coefficient (Wildman–Crippen LogP) is 3.67. The first-order chi connectivity index (χ1) is 13.7. The largest absolute Gasteiger partial charge is 0.417 e. The van der Waals surface area contributed by atoms with Crippen LogP contribution in [0.4, 0.5) is 13.2 Å². The van der Waals surface area contributed by atoms with E-state index in [9.17, 15) is 35.1 Å². The van der Waals surface area contributed by atoms with Crippen LogP contribution in [-0.2, 0) is 19.9 Å². The number of benzene rings is 2. The van der Waals surface area contributed by atoms with Crippen LogP contribution in [0.2, 0.25) is 5.02 Å². The van der Waals surface area contributed by atoms with Crippen molar-refractivity contribution in [3.8, 4) is 0 Å². The average molecular weight is 549 g/mol. The molecule has 6 nitrogen and oxygen atoms in total. The minimum absolute atomic E-state index is 0.142. The summed E-state index contributed by atoms with van der Waals surface area (Å²) in [4.78, 5) is -0.925. The third-order valence-electron chi connectivity index (χ3n) is 4.65. The molecule has 0 bridgehead atoms. The van der Waals surface area contributed by atoms with Gasteiger partial charge < -0.3 is 5.11 Å². The Balaban J connectivity index is 1.85.